The first-order chi connectivity index (χ1) is 7.75. The maximum atomic E-state index is 10.9. The van der Waals surface area contributed by atoms with E-state index in [-0.39, 0.29) is 0 Å². The Hall–Kier alpha value is -1.55. The van der Waals surface area contributed by atoms with Crippen LogP contribution < -0.4 is 15.8 Å². The number of hydrogen-bond donors (Lipinski definition) is 2. The number of nitrogens with one attached hydrogen (secondary N) is 1. The minimum Gasteiger partial charge on any atom is -0.492 e. The van der Waals surface area contributed by atoms with Crippen LogP contribution in [0.2, 0.25) is 0 Å². The van der Waals surface area contributed by atoms with Gasteiger partial charge in [-0.15, -0.1) is 0 Å². The molecule has 0 saturated carbocycles. The zero-order chi connectivity index (χ0) is 11.4. The van der Waals surface area contributed by atoms with Crippen LogP contribution in [-0.2, 0) is 0 Å². The summed E-state index contributed by atoms with van der Waals surface area (Å²) >= 11 is 0. The number of carbonyl (C=O) groups is 1. The van der Waals surface area contributed by atoms with Gasteiger partial charge in [0, 0.05) is 11.6 Å². The average Bonchev–Trinajstić information content (AvgIpc) is 2.80. The summed E-state index contributed by atoms with van der Waals surface area (Å²) in [5.74, 6) is 0.364. The highest BCUT2D eigenvalue weighted by molar-refractivity contribution is 5.92. The van der Waals surface area contributed by atoms with Gasteiger partial charge >= 0.3 is 0 Å². The molecular weight excluding hydrogens is 204 g/mol. The summed E-state index contributed by atoms with van der Waals surface area (Å²) in [6.45, 7) is 1.75. The third kappa shape index (κ3) is 2.73. The number of ether oxygens (including phenoxy) is 1. The molecule has 1 unspecified atom stereocenters. The van der Waals surface area contributed by atoms with Gasteiger partial charge in [0.05, 0.1) is 0 Å². The van der Waals surface area contributed by atoms with Gasteiger partial charge in [0.25, 0.3) is 0 Å². The van der Waals surface area contributed by atoms with Crippen LogP contribution in [-0.4, -0.2) is 25.1 Å². The molecule has 2 rings (SSSR count). The van der Waals surface area contributed by atoms with Gasteiger partial charge in [0.15, 0.2) is 0 Å². The first kappa shape index (κ1) is 11.0. The van der Waals surface area contributed by atoms with Crippen molar-refractivity contribution in [1.29, 1.82) is 0 Å². The zero-order valence-corrected chi connectivity index (χ0v) is 9.11. The van der Waals surface area contributed by atoms with Gasteiger partial charge in [-0.25, -0.2) is 0 Å². The molecule has 86 valence electrons. The van der Waals surface area contributed by atoms with E-state index in [2.05, 4.69) is 5.32 Å². The molecule has 1 aliphatic heterocycles. The van der Waals surface area contributed by atoms with Crippen molar-refractivity contribution in [3.05, 3.63) is 29.8 Å². The Kier molecular flexibility index (Phi) is 3.41. The van der Waals surface area contributed by atoms with E-state index in [4.69, 9.17) is 10.5 Å². The molecule has 0 aromatic heterocycles. The Morgan fingerprint density at radius 1 is 1.44 bits per heavy atom. The SMILES string of the molecule is NC(=O)c1ccc(OCC2CCCN2)cc1. The molecule has 0 radical (unpaired) electrons. The maximum absolute atomic E-state index is 10.9. The number of carbonyl (C=O) groups excluding carboxylic acids is 1. The standard InChI is InChI=1S/C12H16N2O2/c13-12(15)9-3-5-11(6-4-9)16-8-10-2-1-7-14-10/h3-6,10,14H,1-2,7-8H2,(H2,13,15). The lowest BCUT2D eigenvalue weighted by molar-refractivity contribution is 0.100. The molecule has 1 aliphatic rings. The lowest BCUT2D eigenvalue weighted by atomic mass is 10.2. The summed E-state index contributed by atoms with van der Waals surface area (Å²) in [4.78, 5) is 10.9. The first-order valence-corrected chi connectivity index (χ1v) is 5.52. The van der Waals surface area contributed by atoms with Crippen LogP contribution in [0.3, 0.4) is 0 Å². The minimum absolute atomic E-state index is 0.413. The largest absolute Gasteiger partial charge is 0.492 e. The van der Waals surface area contributed by atoms with Crippen molar-refractivity contribution in [1.82, 2.24) is 5.32 Å². The average molecular weight is 220 g/mol. The number of nitrogens with two attached hydrogens (primary N) is 1. The van der Waals surface area contributed by atoms with Gasteiger partial charge < -0.3 is 15.8 Å². The van der Waals surface area contributed by atoms with E-state index >= 15 is 0 Å². The van der Waals surface area contributed by atoms with Gasteiger partial charge in [0.2, 0.25) is 5.91 Å². The van der Waals surface area contributed by atoms with Crippen molar-refractivity contribution in [3.63, 3.8) is 0 Å². The Morgan fingerprint density at radius 3 is 2.75 bits per heavy atom. The number of hydrogen-bond acceptors (Lipinski definition) is 3. The van der Waals surface area contributed by atoms with E-state index in [0.29, 0.717) is 18.2 Å². The van der Waals surface area contributed by atoms with E-state index in [1.54, 1.807) is 24.3 Å². The second-order valence-electron chi connectivity index (χ2n) is 3.99. The van der Waals surface area contributed by atoms with E-state index in [1.807, 2.05) is 0 Å². The van der Waals surface area contributed by atoms with Crippen molar-refractivity contribution in [2.75, 3.05) is 13.2 Å². The fourth-order valence-corrected chi connectivity index (χ4v) is 1.81. The maximum Gasteiger partial charge on any atom is 0.248 e. The van der Waals surface area contributed by atoms with Crippen LogP contribution in [0.15, 0.2) is 24.3 Å². The lowest BCUT2D eigenvalue weighted by Crippen LogP contribution is -2.28. The Morgan fingerprint density at radius 2 is 2.19 bits per heavy atom. The smallest absolute Gasteiger partial charge is 0.248 e. The Balaban J connectivity index is 1.87. The minimum atomic E-state index is -0.413. The predicted molar refractivity (Wildman–Crippen MR) is 61.5 cm³/mol. The highest BCUT2D eigenvalue weighted by Crippen LogP contribution is 2.13. The van der Waals surface area contributed by atoms with Crippen molar-refractivity contribution in [3.8, 4) is 5.75 Å². The molecule has 1 aromatic rings. The molecule has 1 atom stereocenters. The fourth-order valence-electron chi connectivity index (χ4n) is 1.81. The Bertz CT molecular complexity index is 356. The van der Waals surface area contributed by atoms with Gasteiger partial charge in [-0.1, -0.05) is 0 Å². The molecule has 1 amide bonds. The summed E-state index contributed by atoms with van der Waals surface area (Å²) < 4.78 is 5.61. The second kappa shape index (κ2) is 4.99. The van der Waals surface area contributed by atoms with E-state index in [1.165, 1.54) is 12.8 Å². The number of primary amides is 1. The monoisotopic (exact) mass is 220 g/mol. The number of rotatable bonds is 4. The predicted octanol–water partition coefficient (Wildman–Crippen LogP) is 0.916. The first-order valence-electron chi connectivity index (χ1n) is 5.52. The van der Waals surface area contributed by atoms with Crippen LogP contribution in [0.4, 0.5) is 0 Å². The van der Waals surface area contributed by atoms with Crippen molar-refractivity contribution in [2.45, 2.75) is 18.9 Å². The van der Waals surface area contributed by atoms with E-state index < -0.39 is 5.91 Å². The number of amides is 1. The molecule has 0 aliphatic carbocycles. The number of benzene rings is 1. The second-order valence-corrected chi connectivity index (χ2v) is 3.99. The van der Waals surface area contributed by atoms with E-state index in [9.17, 15) is 4.79 Å². The summed E-state index contributed by atoms with van der Waals surface area (Å²) in [6.07, 6.45) is 2.38. The van der Waals surface area contributed by atoms with E-state index in [0.717, 1.165) is 12.3 Å². The zero-order valence-electron chi connectivity index (χ0n) is 9.11. The molecule has 3 N–H and O–H groups in total. The van der Waals surface area contributed by atoms with Gasteiger partial charge in [-0.3, -0.25) is 4.79 Å². The van der Waals surface area contributed by atoms with Gasteiger partial charge in [-0.05, 0) is 43.7 Å². The molecule has 4 heteroatoms. The summed E-state index contributed by atoms with van der Waals surface area (Å²) in [5.41, 5.74) is 5.65. The van der Waals surface area contributed by atoms with Crippen molar-refractivity contribution < 1.29 is 9.53 Å². The normalized spacial score (nSPS) is 19.6. The molecule has 1 saturated heterocycles. The quantitative estimate of drug-likeness (QED) is 0.793. The highest BCUT2D eigenvalue weighted by atomic mass is 16.5. The Labute approximate surface area is 94.8 Å². The highest BCUT2D eigenvalue weighted by Gasteiger charge is 2.14. The van der Waals surface area contributed by atoms with Gasteiger partial charge in [0.1, 0.15) is 12.4 Å². The summed E-state index contributed by atoms with van der Waals surface area (Å²) in [6, 6.07) is 7.36. The van der Waals surface area contributed by atoms with Crippen molar-refractivity contribution >= 4 is 5.91 Å². The molecule has 1 fully saturated rings. The fraction of sp³-hybridized carbons (Fsp3) is 0.417. The molecule has 4 nitrogen and oxygen atoms in total. The van der Waals surface area contributed by atoms with Crippen molar-refractivity contribution in [2.24, 2.45) is 5.73 Å². The topological polar surface area (TPSA) is 64.4 Å². The lowest BCUT2D eigenvalue weighted by Gasteiger charge is -2.12. The molecule has 0 spiro atoms. The van der Waals surface area contributed by atoms with Crippen LogP contribution in [0, 0.1) is 0 Å². The molecular formula is C12H16N2O2. The summed E-state index contributed by atoms with van der Waals surface area (Å²) in [7, 11) is 0. The van der Waals surface area contributed by atoms with Crippen LogP contribution in [0.25, 0.3) is 0 Å². The molecule has 0 bridgehead atoms. The molecule has 16 heavy (non-hydrogen) atoms. The van der Waals surface area contributed by atoms with Crippen LogP contribution >= 0.6 is 0 Å². The van der Waals surface area contributed by atoms with Gasteiger partial charge in [-0.2, -0.15) is 0 Å². The van der Waals surface area contributed by atoms with Crippen LogP contribution in [0.1, 0.15) is 23.2 Å². The third-order valence-corrected chi connectivity index (χ3v) is 2.75. The van der Waals surface area contributed by atoms with Crippen LogP contribution in [0.5, 0.6) is 5.75 Å². The summed E-state index contributed by atoms with van der Waals surface area (Å²) in [5, 5.41) is 3.36. The molecule has 1 aromatic carbocycles. The third-order valence-electron chi connectivity index (χ3n) is 2.75. The molecule has 1 heterocycles.